The molecule has 1 N–H and O–H groups in total. The molecular weight excluding hydrogens is 557 g/mol. The van der Waals surface area contributed by atoms with Crippen LogP contribution in [0.3, 0.4) is 0 Å². The lowest BCUT2D eigenvalue weighted by Crippen LogP contribution is -2.53. The van der Waals surface area contributed by atoms with Crippen LogP contribution < -0.4 is 14.4 Å². The number of hydrogen-bond acceptors (Lipinski definition) is 5. The maximum absolute atomic E-state index is 15.1. The number of rotatable bonds is 11. The number of halogens is 1. The van der Waals surface area contributed by atoms with Crippen LogP contribution in [0.25, 0.3) is 0 Å². The lowest BCUT2D eigenvalue weighted by Gasteiger charge is -2.33. The zero-order chi connectivity index (χ0) is 30.3. The molecule has 8 nitrogen and oxygen atoms in total. The lowest BCUT2D eigenvalue weighted by molar-refractivity contribution is -0.139. The van der Waals surface area contributed by atoms with Gasteiger partial charge >= 0.3 is 0 Å². The van der Waals surface area contributed by atoms with E-state index in [1.165, 1.54) is 42.3 Å². The van der Waals surface area contributed by atoms with Crippen LogP contribution in [0.5, 0.6) is 5.75 Å². The molecule has 42 heavy (non-hydrogen) atoms. The van der Waals surface area contributed by atoms with Gasteiger partial charge in [0.05, 0.1) is 17.7 Å². The average Bonchev–Trinajstić information content (AvgIpc) is 2.99. The number of methoxy groups -OCH3 is 1. The third-order valence-electron chi connectivity index (χ3n) is 7.61. The van der Waals surface area contributed by atoms with Crippen molar-refractivity contribution >= 4 is 27.5 Å². The number of anilines is 1. The lowest BCUT2D eigenvalue weighted by atomic mass is 9.95. The molecule has 4 rings (SSSR count). The van der Waals surface area contributed by atoms with Gasteiger partial charge in [0.25, 0.3) is 10.0 Å². The minimum Gasteiger partial charge on any atom is -0.497 e. The van der Waals surface area contributed by atoms with Crippen molar-refractivity contribution in [2.75, 3.05) is 18.0 Å². The second kappa shape index (κ2) is 13.8. The van der Waals surface area contributed by atoms with E-state index in [2.05, 4.69) is 5.32 Å². The predicted octanol–water partition coefficient (Wildman–Crippen LogP) is 5.20. The van der Waals surface area contributed by atoms with Gasteiger partial charge in [0.1, 0.15) is 24.2 Å². The Morgan fingerprint density at radius 1 is 1.00 bits per heavy atom. The van der Waals surface area contributed by atoms with E-state index in [4.69, 9.17) is 4.74 Å². The molecule has 224 valence electrons. The summed E-state index contributed by atoms with van der Waals surface area (Å²) in [5, 5.41) is 3.07. The van der Waals surface area contributed by atoms with Gasteiger partial charge in [-0.25, -0.2) is 12.8 Å². The van der Waals surface area contributed by atoms with Crippen LogP contribution in [-0.2, 0) is 26.2 Å². The Bertz CT molecular complexity index is 1490. The highest BCUT2D eigenvalue weighted by Crippen LogP contribution is 2.27. The molecule has 2 amide bonds. The molecule has 0 aromatic heterocycles. The summed E-state index contributed by atoms with van der Waals surface area (Å²) in [6, 6.07) is 17.8. The summed E-state index contributed by atoms with van der Waals surface area (Å²) in [5.74, 6) is -1.18. The molecule has 0 unspecified atom stereocenters. The monoisotopic (exact) mass is 595 g/mol. The second-order valence-electron chi connectivity index (χ2n) is 10.7. The van der Waals surface area contributed by atoms with E-state index < -0.39 is 34.3 Å². The number of nitrogens with one attached hydrogen (secondary N) is 1. The van der Waals surface area contributed by atoms with Gasteiger partial charge in [-0.3, -0.25) is 13.9 Å². The van der Waals surface area contributed by atoms with Crippen molar-refractivity contribution in [1.82, 2.24) is 10.2 Å². The smallest absolute Gasteiger partial charge is 0.264 e. The van der Waals surface area contributed by atoms with Crippen molar-refractivity contribution in [2.24, 2.45) is 0 Å². The first kappa shape index (κ1) is 31.0. The summed E-state index contributed by atoms with van der Waals surface area (Å²) in [7, 11) is -2.82. The number of carbonyl (C=O) groups excluding carboxylic acids is 2. The number of aryl methyl sites for hydroxylation is 1. The van der Waals surface area contributed by atoms with Crippen molar-refractivity contribution in [1.29, 1.82) is 0 Å². The third-order valence-corrected chi connectivity index (χ3v) is 9.39. The van der Waals surface area contributed by atoms with E-state index in [-0.39, 0.29) is 29.1 Å². The fourth-order valence-electron chi connectivity index (χ4n) is 5.12. The van der Waals surface area contributed by atoms with Crippen LogP contribution in [0.2, 0.25) is 0 Å². The SMILES string of the molecule is COc1cccc(CN(C(=O)CN(c2ccccc2F)S(=O)(=O)c2ccc(C)cc2)[C@@H](C)C(=O)NC2CCCCC2)c1. The topological polar surface area (TPSA) is 96.0 Å². The molecule has 3 aromatic rings. The predicted molar refractivity (Wildman–Crippen MR) is 160 cm³/mol. The van der Waals surface area contributed by atoms with Gasteiger partial charge in [-0.1, -0.05) is 61.2 Å². The van der Waals surface area contributed by atoms with E-state index in [0.29, 0.717) is 11.3 Å². The Morgan fingerprint density at radius 3 is 2.36 bits per heavy atom. The number of sulfonamides is 1. The van der Waals surface area contributed by atoms with E-state index in [1.54, 1.807) is 43.3 Å². The number of para-hydroxylation sites is 1. The average molecular weight is 596 g/mol. The summed E-state index contributed by atoms with van der Waals surface area (Å²) >= 11 is 0. The number of benzene rings is 3. The number of carbonyl (C=O) groups is 2. The van der Waals surface area contributed by atoms with Crippen LogP contribution in [0.4, 0.5) is 10.1 Å². The largest absolute Gasteiger partial charge is 0.497 e. The first-order valence-electron chi connectivity index (χ1n) is 14.2. The van der Waals surface area contributed by atoms with Gasteiger partial charge in [0, 0.05) is 12.6 Å². The van der Waals surface area contributed by atoms with Crippen molar-refractivity contribution < 1.29 is 27.1 Å². The fourth-order valence-corrected chi connectivity index (χ4v) is 6.55. The van der Waals surface area contributed by atoms with Crippen molar-refractivity contribution in [3.8, 4) is 5.75 Å². The summed E-state index contributed by atoms with van der Waals surface area (Å²) < 4.78 is 48.9. The summed E-state index contributed by atoms with van der Waals surface area (Å²) in [6.45, 7) is 2.76. The van der Waals surface area contributed by atoms with Crippen LogP contribution in [-0.4, -0.2) is 50.9 Å². The molecule has 1 atom stereocenters. The minimum atomic E-state index is -4.35. The molecule has 0 radical (unpaired) electrons. The van der Waals surface area contributed by atoms with Crippen LogP contribution in [0.1, 0.15) is 50.2 Å². The summed E-state index contributed by atoms with van der Waals surface area (Å²) in [6.07, 6.45) is 4.93. The highest BCUT2D eigenvalue weighted by atomic mass is 32.2. The normalized spacial score (nSPS) is 14.6. The molecule has 0 spiro atoms. The van der Waals surface area contributed by atoms with Gasteiger partial charge in [0.15, 0.2) is 0 Å². The Morgan fingerprint density at radius 2 is 1.69 bits per heavy atom. The summed E-state index contributed by atoms with van der Waals surface area (Å²) in [5.41, 5.74) is 1.29. The highest BCUT2D eigenvalue weighted by molar-refractivity contribution is 7.92. The fraction of sp³-hybridized carbons (Fsp3) is 0.375. The van der Waals surface area contributed by atoms with Crippen molar-refractivity contribution in [3.05, 3.63) is 89.7 Å². The third kappa shape index (κ3) is 7.47. The van der Waals surface area contributed by atoms with Crippen molar-refractivity contribution in [2.45, 2.75) is 69.5 Å². The molecule has 0 bridgehead atoms. The van der Waals surface area contributed by atoms with E-state index in [0.717, 1.165) is 48.0 Å². The van der Waals surface area contributed by atoms with Crippen molar-refractivity contribution in [3.63, 3.8) is 0 Å². The molecule has 1 saturated carbocycles. The first-order valence-corrected chi connectivity index (χ1v) is 15.6. The zero-order valence-corrected chi connectivity index (χ0v) is 25.1. The minimum absolute atomic E-state index is 0.0188. The van der Waals surface area contributed by atoms with Gasteiger partial charge in [-0.15, -0.1) is 0 Å². The Balaban J connectivity index is 1.69. The molecule has 0 aliphatic heterocycles. The highest BCUT2D eigenvalue weighted by Gasteiger charge is 2.34. The first-order chi connectivity index (χ1) is 20.1. The molecule has 0 saturated heterocycles. The summed E-state index contributed by atoms with van der Waals surface area (Å²) in [4.78, 5) is 28.7. The number of ether oxygens (including phenoxy) is 1. The molecule has 1 fully saturated rings. The van der Waals surface area contributed by atoms with E-state index in [1.807, 2.05) is 6.92 Å². The van der Waals surface area contributed by atoms with Crippen LogP contribution in [0.15, 0.2) is 77.7 Å². The molecule has 10 heteroatoms. The second-order valence-corrected chi connectivity index (χ2v) is 12.5. The number of hydrogen-bond donors (Lipinski definition) is 1. The zero-order valence-electron chi connectivity index (χ0n) is 24.3. The van der Waals surface area contributed by atoms with Gasteiger partial charge in [-0.2, -0.15) is 0 Å². The van der Waals surface area contributed by atoms with Crippen LogP contribution >= 0.6 is 0 Å². The molecule has 1 aliphatic rings. The number of amides is 2. The van der Waals surface area contributed by atoms with Gasteiger partial charge in [0.2, 0.25) is 11.8 Å². The van der Waals surface area contributed by atoms with E-state index in [9.17, 15) is 18.0 Å². The number of nitrogens with zero attached hydrogens (tertiary/aromatic N) is 2. The molecule has 3 aromatic carbocycles. The Kier molecular flexibility index (Phi) is 10.2. The standard InChI is InChI=1S/C32H38FN3O5S/c1-23-16-18-28(19-17-23)42(39,40)36(30-15-8-7-14-29(30)33)22-31(37)35(21-25-10-9-13-27(20-25)41-3)24(2)32(38)34-26-11-5-4-6-12-26/h7-10,13-20,24,26H,4-6,11-12,21-22H2,1-3H3,(H,34,38)/t24-/m0/s1. The van der Waals surface area contributed by atoms with Gasteiger partial charge in [-0.05, 0) is 68.7 Å². The van der Waals surface area contributed by atoms with E-state index >= 15 is 4.39 Å². The Hall–Kier alpha value is -3.92. The quantitative estimate of drug-likeness (QED) is 0.329. The van der Waals surface area contributed by atoms with Gasteiger partial charge < -0.3 is 15.0 Å². The molecular formula is C32H38FN3O5S. The molecule has 0 heterocycles. The van der Waals surface area contributed by atoms with Crippen LogP contribution in [0, 0.1) is 12.7 Å². The maximum atomic E-state index is 15.1. The maximum Gasteiger partial charge on any atom is 0.264 e. The molecule has 1 aliphatic carbocycles. The Labute approximate surface area is 247 Å².